The molecule has 128 valence electrons. The van der Waals surface area contributed by atoms with Gasteiger partial charge in [0.2, 0.25) is 5.91 Å². The van der Waals surface area contributed by atoms with Gasteiger partial charge in [-0.25, -0.2) is 0 Å². The van der Waals surface area contributed by atoms with Crippen LogP contribution in [0.1, 0.15) is 51.6 Å². The Labute approximate surface area is 140 Å². The first kappa shape index (κ1) is 17.8. The van der Waals surface area contributed by atoms with E-state index in [-0.39, 0.29) is 11.8 Å². The minimum atomic E-state index is 0.0414. The van der Waals surface area contributed by atoms with Crippen molar-refractivity contribution in [3.05, 3.63) is 29.8 Å². The Kier molecular flexibility index (Phi) is 6.90. The molecule has 1 unspecified atom stereocenters. The smallest absolute Gasteiger partial charge is 0.222 e. The molecule has 2 rings (SSSR count). The summed E-state index contributed by atoms with van der Waals surface area (Å²) in [5.41, 5.74) is 1.32. The highest BCUT2D eigenvalue weighted by atomic mass is 16.5. The van der Waals surface area contributed by atoms with E-state index in [4.69, 9.17) is 4.74 Å². The van der Waals surface area contributed by atoms with Crippen molar-refractivity contribution in [1.82, 2.24) is 10.2 Å². The molecule has 1 aromatic carbocycles. The fourth-order valence-electron chi connectivity index (χ4n) is 2.88. The molecule has 1 aromatic rings. The number of nitrogens with one attached hydrogen (secondary N) is 1. The molecule has 1 saturated heterocycles. The van der Waals surface area contributed by atoms with E-state index in [1.807, 2.05) is 19.9 Å². The maximum atomic E-state index is 11.5. The SMILES string of the molecule is CC(C)C(=O)NCCCOc1cccc(C(C)N2CCCC2)c1. The van der Waals surface area contributed by atoms with Crippen LogP contribution >= 0.6 is 0 Å². The lowest BCUT2D eigenvalue weighted by molar-refractivity contribution is -0.123. The highest BCUT2D eigenvalue weighted by molar-refractivity contribution is 5.77. The first-order valence-corrected chi connectivity index (χ1v) is 8.82. The van der Waals surface area contributed by atoms with Crippen LogP contribution in [-0.2, 0) is 4.79 Å². The van der Waals surface area contributed by atoms with Crippen LogP contribution in [0.3, 0.4) is 0 Å². The fourth-order valence-corrected chi connectivity index (χ4v) is 2.88. The average Bonchev–Trinajstić information content (AvgIpc) is 3.08. The molecule has 1 amide bonds. The molecule has 1 N–H and O–H groups in total. The molecular weight excluding hydrogens is 288 g/mol. The van der Waals surface area contributed by atoms with Gasteiger partial charge in [-0.2, -0.15) is 0 Å². The minimum absolute atomic E-state index is 0.0414. The van der Waals surface area contributed by atoms with Crippen molar-refractivity contribution in [2.75, 3.05) is 26.2 Å². The maximum Gasteiger partial charge on any atom is 0.222 e. The third kappa shape index (κ3) is 5.54. The van der Waals surface area contributed by atoms with Gasteiger partial charge < -0.3 is 10.1 Å². The number of nitrogens with zero attached hydrogens (tertiary/aromatic N) is 1. The monoisotopic (exact) mass is 318 g/mol. The lowest BCUT2D eigenvalue weighted by atomic mass is 10.1. The first-order valence-electron chi connectivity index (χ1n) is 8.82. The van der Waals surface area contributed by atoms with Gasteiger partial charge in [-0.1, -0.05) is 26.0 Å². The Bertz CT molecular complexity index is 496. The number of rotatable bonds is 8. The standard InChI is InChI=1S/C19H30N2O2/c1-15(2)19(22)20-10-7-13-23-18-9-6-8-17(14-18)16(3)21-11-4-5-12-21/h6,8-9,14-16H,4-5,7,10-13H2,1-3H3,(H,20,22). The third-order valence-corrected chi connectivity index (χ3v) is 4.44. The quantitative estimate of drug-likeness (QED) is 0.747. The Morgan fingerprint density at radius 2 is 2.00 bits per heavy atom. The molecule has 1 fully saturated rings. The van der Waals surface area contributed by atoms with Gasteiger partial charge in [0.05, 0.1) is 6.61 Å². The molecule has 1 aliphatic rings. The Morgan fingerprint density at radius 1 is 1.26 bits per heavy atom. The van der Waals surface area contributed by atoms with Gasteiger partial charge in [0, 0.05) is 18.5 Å². The molecule has 4 nitrogen and oxygen atoms in total. The van der Waals surface area contributed by atoms with E-state index in [9.17, 15) is 4.79 Å². The number of likely N-dealkylation sites (tertiary alicyclic amines) is 1. The van der Waals surface area contributed by atoms with E-state index >= 15 is 0 Å². The second-order valence-corrected chi connectivity index (χ2v) is 6.64. The zero-order valence-electron chi connectivity index (χ0n) is 14.7. The number of carbonyl (C=O) groups excluding carboxylic acids is 1. The lowest BCUT2D eigenvalue weighted by Crippen LogP contribution is -2.29. The highest BCUT2D eigenvalue weighted by Gasteiger charge is 2.19. The van der Waals surface area contributed by atoms with Gasteiger partial charge >= 0.3 is 0 Å². The summed E-state index contributed by atoms with van der Waals surface area (Å²) in [6.07, 6.45) is 3.44. The summed E-state index contributed by atoms with van der Waals surface area (Å²) in [6, 6.07) is 8.85. The number of hydrogen-bond acceptors (Lipinski definition) is 3. The number of amides is 1. The predicted molar refractivity (Wildman–Crippen MR) is 93.6 cm³/mol. The van der Waals surface area contributed by atoms with Crippen molar-refractivity contribution in [3.8, 4) is 5.75 Å². The van der Waals surface area contributed by atoms with Crippen LogP contribution in [0.2, 0.25) is 0 Å². The van der Waals surface area contributed by atoms with Crippen molar-refractivity contribution in [3.63, 3.8) is 0 Å². The van der Waals surface area contributed by atoms with Gasteiger partial charge in [-0.15, -0.1) is 0 Å². The summed E-state index contributed by atoms with van der Waals surface area (Å²) in [5.74, 6) is 1.06. The summed E-state index contributed by atoms with van der Waals surface area (Å²) >= 11 is 0. The van der Waals surface area contributed by atoms with Gasteiger partial charge in [0.1, 0.15) is 5.75 Å². The van der Waals surface area contributed by atoms with E-state index in [0.717, 1.165) is 12.2 Å². The summed E-state index contributed by atoms with van der Waals surface area (Å²) in [7, 11) is 0. The molecule has 0 bridgehead atoms. The number of carbonyl (C=O) groups is 1. The normalized spacial score (nSPS) is 16.5. The molecule has 23 heavy (non-hydrogen) atoms. The molecule has 1 heterocycles. The Morgan fingerprint density at radius 3 is 2.70 bits per heavy atom. The second-order valence-electron chi connectivity index (χ2n) is 6.64. The van der Waals surface area contributed by atoms with Crippen LogP contribution in [0.4, 0.5) is 0 Å². The van der Waals surface area contributed by atoms with Crippen molar-refractivity contribution < 1.29 is 9.53 Å². The van der Waals surface area contributed by atoms with Gasteiger partial charge in [0.25, 0.3) is 0 Å². The fraction of sp³-hybridized carbons (Fsp3) is 0.632. The summed E-state index contributed by atoms with van der Waals surface area (Å²) in [6.45, 7) is 9.76. The molecule has 0 spiro atoms. The van der Waals surface area contributed by atoms with Gasteiger partial charge in [0.15, 0.2) is 0 Å². The van der Waals surface area contributed by atoms with E-state index in [1.165, 1.54) is 31.5 Å². The van der Waals surface area contributed by atoms with E-state index in [0.29, 0.717) is 19.2 Å². The van der Waals surface area contributed by atoms with Crippen LogP contribution < -0.4 is 10.1 Å². The zero-order chi connectivity index (χ0) is 16.7. The first-order chi connectivity index (χ1) is 11.1. The van der Waals surface area contributed by atoms with E-state index in [2.05, 4.69) is 35.3 Å². The maximum absolute atomic E-state index is 11.5. The van der Waals surface area contributed by atoms with Crippen molar-refractivity contribution in [2.24, 2.45) is 5.92 Å². The van der Waals surface area contributed by atoms with Crippen molar-refractivity contribution >= 4 is 5.91 Å². The van der Waals surface area contributed by atoms with Gasteiger partial charge in [-0.3, -0.25) is 9.69 Å². The topological polar surface area (TPSA) is 41.6 Å². The summed E-state index contributed by atoms with van der Waals surface area (Å²) in [5, 5.41) is 2.91. The lowest BCUT2D eigenvalue weighted by Gasteiger charge is -2.24. The average molecular weight is 318 g/mol. The Balaban J connectivity index is 1.75. The Hall–Kier alpha value is -1.55. The number of hydrogen-bond donors (Lipinski definition) is 1. The van der Waals surface area contributed by atoms with Crippen LogP contribution in [0.5, 0.6) is 5.75 Å². The van der Waals surface area contributed by atoms with Crippen LogP contribution in [0, 0.1) is 5.92 Å². The largest absolute Gasteiger partial charge is 0.494 e. The van der Waals surface area contributed by atoms with Crippen LogP contribution in [-0.4, -0.2) is 37.0 Å². The molecule has 0 saturated carbocycles. The summed E-state index contributed by atoms with van der Waals surface area (Å²) < 4.78 is 5.83. The minimum Gasteiger partial charge on any atom is -0.494 e. The van der Waals surface area contributed by atoms with Gasteiger partial charge in [-0.05, 0) is 57.0 Å². The molecule has 1 atom stereocenters. The molecule has 0 aliphatic carbocycles. The second kappa shape index (κ2) is 8.92. The molecule has 1 aliphatic heterocycles. The zero-order valence-corrected chi connectivity index (χ0v) is 14.7. The van der Waals surface area contributed by atoms with Crippen molar-refractivity contribution in [2.45, 2.75) is 46.1 Å². The summed E-state index contributed by atoms with van der Waals surface area (Å²) in [4.78, 5) is 14.0. The third-order valence-electron chi connectivity index (χ3n) is 4.44. The molecule has 4 heteroatoms. The number of ether oxygens (including phenoxy) is 1. The highest BCUT2D eigenvalue weighted by Crippen LogP contribution is 2.26. The van der Waals surface area contributed by atoms with E-state index in [1.54, 1.807) is 0 Å². The van der Waals surface area contributed by atoms with Crippen molar-refractivity contribution in [1.29, 1.82) is 0 Å². The molecule has 0 aromatic heterocycles. The molecule has 0 radical (unpaired) electrons. The van der Waals surface area contributed by atoms with E-state index < -0.39 is 0 Å². The predicted octanol–water partition coefficient (Wildman–Crippen LogP) is 3.38. The van der Waals surface area contributed by atoms with Crippen LogP contribution in [0.15, 0.2) is 24.3 Å². The van der Waals surface area contributed by atoms with Crippen LogP contribution in [0.25, 0.3) is 0 Å². The number of benzene rings is 1. The molecular formula is C19H30N2O2.